The molecule has 0 heterocycles. The van der Waals surface area contributed by atoms with E-state index in [0.717, 1.165) is 14.2 Å². The number of hydrogen-bond acceptors (Lipinski definition) is 5. The zero-order chi connectivity index (χ0) is 32.7. The largest absolute Gasteiger partial charge is 0.508 e. The minimum atomic E-state index is 0.322. The lowest BCUT2D eigenvalue weighted by Gasteiger charge is -2.03. The van der Waals surface area contributed by atoms with Crippen molar-refractivity contribution in [1.82, 2.24) is 0 Å². The summed E-state index contributed by atoms with van der Waals surface area (Å²) in [7, 11) is 2.00. The quantitative estimate of drug-likeness (QED) is 0.142. The number of aliphatic hydroxyl groups is 2. The van der Waals surface area contributed by atoms with Crippen LogP contribution in [0.2, 0.25) is 0 Å². The van der Waals surface area contributed by atoms with Crippen LogP contribution in [-0.2, 0) is 0 Å². The molecule has 43 heavy (non-hydrogen) atoms. The summed E-state index contributed by atoms with van der Waals surface area (Å²) in [5.41, 5.74) is 2.52. The van der Waals surface area contributed by atoms with E-state index < -0.39 is 0 Å². The van der Waals surface area contributed by atoms with E-state index in [1.807, 2.05) is 103 Å². The van der Waals surface area contributed by atoms with Gasteiger partial charge >= 0.3 is 0 Å². The van der Waals surface area contributed by atoms with Gasteiger partial charge in [-0.05, 0) is 59.4 Å². The number of benzene rings is 5. The monoisotopic (exact) mass is 586 g/mol. The van der Waals surface area contributed by atoms with Gasteiger partial charge < -0.3 is 25.5 Å². The van der Waals surface area contributed by atoms with E-state index >= 15 is 0 Å². The van der Waals surface area contributed by atoms with Crippen molar-refractivity contribution in [3.8, 4) is 17.2 Å². The molecule has 0 aliphatic heterocycles. The van der Waals surface area contributed by atoms with Gasteiger partial charge in [-0.2, -0.15) is 0 Å². The fourth-order valence-electron chi connectivity index (χ4n) is 2.92. The van der Waals surface area contributed by atoms with Gasteiger partial charge in [-0.15, -0.1) is 0 Å². The Balaban J connectivity index is 0. The predicted molar refractivity (Wildman–Crippen MR) is 182 cm³/mol. The number of rotatable bonds is 2. The molecule has 232 valence electrons. The lowest BCUT2D eigenvalue weighted by atomic mass is 10.0. The van der Waals surface area contributed by atoms with Crippen molar-refractivity contribution in [3.05, 3.63) is 163 Å². The normalized spacial score (nSPS) is 8.70. The Bertz CT molecular complexity index is 1060. The third kappa shape index (κ3) is 24.9. The van der Waals surface area contributed by atoms with Gasteiger partial charge in [-0.3, -0.25) is 0 Å². The summed E-state index contributed by atoms with van der Waals surface area (Å²) in [4.78, 5) is 0. The van der Waals surface area contributed by atoms with Crippen molar-refractivity contribution >= 4 is 0 Å². The minimum absolute atomic E-state index is 0.322. The number of phenols is 3. The van der Waals surface area contributed by atoms with E-state index in [0.29, 0.717) is 29.1 Å². The second-order valence-corrected chi connectivity index (χ2v) is 9.14. The van der Waals surface area contributed by atoms with Crippen LogP contribution in [-0.4, -0.2) is 39.8 Å². The predicted octanol–water partition coefficient (Wildman–Crippen LogP) is 9.01. The summed E-state index contributed by atoms with van der Waals surface area (Å²) in [5, 5.41) is 40.5. The standard InChI is InChI=1S/2C9H12O.C6H6O.2C6H6.2CH4O/c2*1-7(2)8-3-5-9(10)6-4-8;7-6-4-2-1-3-5-6;2*1-2-4-6-5-3-1;2*1-2/h2*3-7,10H,1-2H3;1-5,7H;2*1-6H;2*2H,1H3. The minimum Gasteiger partial charge on any atom is -0.508 e. The molecule has 0 unspecified atom stereocenters. The highest BCUT2D eigenvalue weighted by molar-refractivity contribution is 5.28. The fraction of sp³-hybridized carbons (Fsp3) is 0.211. The molecule has 0 amide bonds. The van der Waals surface area contributed by atoms with Crippen molar-refractivity contribution in [2.45, 2.75) is 39.5 Å². The maximum Gasteiger partial charge on any atom is 0.115 e. The van der Waals surface area contributed by atoms with Gasteiger partial charge in [-0.25, -0.2) is 0 Å². The van der Waals surface area contributed by atoms with Crippen LogP contribution in [0, 0.1) is 0 Å². The van der Waals surface area contributed by atoms with Crippen LogP contribution >= 0.6 is 0 Å². The van der Waals surface area contributed by atoms with Gasteiger partial charge in [0, 0.05) is 14.2 Å². The third-order valence-corrected chi connectivity index (χ3v) is 5.21. The third-order valence-electron chi connectivity index (χ3n) is 5.21. The van der Waals surface area contributed by atoms with Crippen LogP contribution in [0.15, 0.2) is 152 Å². The molecule has 0 spiro atoms. The van der Waals surface area contributed by atoms with Gasteiger partial charge in [-0.1, -0.05) is 143 Å². The average Bonchev–Trinajstić information content (AvgIpc) is 3.07. The van der Waals surface area contributed by atoms with Crippen LogP contribution in [0.1, 0.15) is 50.7 Å². The van der Waals surface area contributed by atoms with E-state index in [2.05, 4.69) is 27.7 Å². The van der Waals surface area contributed by atoms with Crippen molar-refractivity contribution in [2.24, 2.45) is 0 Å². The molecular weight excluding hydrogens is 536 g/mol. The van der Waals surface area contributed by atoms with Crippen LogP contribution < -0.4 is 0 Å². The van der Waals surface area contributed by atoms with Crippen LogP contribution in [0.5, 0.6) is 17.2 Å². The first-order valence-electron chi connectivity index (χ1n) is 14.0. The molecule has 5 aromatic carbocycles. The lowest BCUT2D eigenvalue weighted by molar-refractivity contribution is 0.399. The first kappa shape index (κ1) is 40.6. The Hall–Kier alpha value is -4.58. The maximum absolute atomic E-state index is 8.94. The summed E-state index contributed by atoms with van der Waals surface area (Å²) in [6, 6.07) is 47.4. The molecular formula is C38H50O5. The summed E-state index contributed by atoms with van der Waals surface area (Å²) in [5.74, 6) is 2.08. The van der Waals surface area contributed by atoms with Crippen LogP contribution in [0.4, 0.5) is 0 Å². The Labute approximate surface area is 259 Å². The van der Waals surface area contributed by atoms with Crippen molar-refractivity contribution in [3.63, 3.8) is 0 Å². The smallest absolute Gasteiger partial charge is 0.115 e. The zero-order valence-electron chi connectivity index (χ0n) is 26.3. The molecule has 0 atom stereocenters. The fourth-order valence-corrected chi connectivity index (χ4v) is 2.92. The SMILES string of the molecule is CC(C)c1ccc(O)cc1.CC(C)c1ccc(O)cc1.CO.CO.Oc1ccccc1.c1ccccc1.c1ccccc1. The Morgan fingerprint density at radius 3 is 0.651 bits per heavy atom. The lowest BCUT2D eigenvalue weighted by Crippen LogP contribution is -1.84. The maximum atomic E-state index is 8.94. The molecule has 5 heteroatoms. The summed E-state index contributed by atoms with van der Waals surface area (Å²) < 4.78 is 0. The first-order chi connectivity index (χ1) is 20.8. The van der Waals surface area contributed by atoms with E-state index in [1.165, 1.54) is 11.1 Å². The Morgan fingerprint density at radius 2 is 0.488 bits per heavy atom. The second kappa shape index (κ2) is 28.9. The highest BCUT2D eigenvalue weighted by Crippen LogP contribution is 2.17. The van der Waals surface area contributed by atoms with E-state index in [-0.39, 0.29) is 0 Å². The number of para-hydroxylation sites is 1. The molecule has 0 saturated heterocycles. The number of hydrogen-bond donors (Lipinski definition) is 5. The molecule has 0 saturated carbocycles. The summed E-state index contributed by atoms with van der Waals surface area (Å²) in [6.07, 6.45) is 0. The molecule has 0 aromatic heterocycles. The molecule has 0 radical (unpaired) electrons. The topological polar surface area (TPSA) is 101 Å². The van der Waals surface area contributed by atoms with E-state index in [9.17, 15) is 0 Å². The van der Waals surface area contributed by atoms with Crippen molar-refractivity contribution < 1.29 is 25.5 Å². The average molecular weight is 587 g/mol. The van der Waals surface area contributed by atoms with Gasteiger partial charge in [0.05, 0.1) is 0 Å². The molecule has 5 N–H and O–H groups in total. The van der Waals surface area contributed by atoms with Crippen molar-refractivity contribution in [1.29, 1.82) is 0 Å². The highest BCUT2D eigenvalue weighted by atomic mass is 16.3. The number of aliphatic hydroxyl groups excluding tert-OH is 2. The second-order valence-electron chi connectivity index (χ2n) is 9.14. The zero-order valence-corrected chi connectivity index (χ0v) is 26.3. The number of aromatic hydroxyl groups is 3. The molecule has 5 nitrogen and oxygen atoms in total. The van der Waals surface area contributed by atoms with Crippen molar-refractivity contribution in [2.75, 3.05) is 14.2 Å². The van der Waals surface area contributed by atoms with Crippen LogP contribution in [0.3, 0.4) is 0 Å². The van der Waals surface area contributed by atoms with Gasteiger partial charge in [0.1, 0.15) is 17.2 Å². The Kier molecular flexibility index (Phi) is 27.3. The molecule has 0 aliphatic rings. The first-order valence-corrected chi connectivity index (χ1v) is 14.0. The summed E-state index contributed by atoms with van der Waals surface area (Å²) >= 11 is 0. The molecule has 0 fully saturated rings. The molecule has 5 rings (SSSR count). The Morgan fingerprint density at radius 1 is 0.302 bits per heavy atom. The summed E-state index contributed by atoms with van der Waals surface area (Å²) in [6.45, 7) is 8.53. The van der Waals surface area contributed by atoms with Crippen LogP contribution in [0.25, 0.3) is 0 Å². The van der Waals surface area contributed by atoms with Gasteiger partial charge in [0.25, 0.3) is 0 Å². The van der Waals surface area contributed by atoms with Gasteiger partial charge in [0.2, 0.25) is 0 Å². The highest BCUT2D eigenvalue weighted by Gasteiger charge is 1.97. The van der Waals surface area contributed by atoms with E-state index in [4.69, 9.17) is 25.5 Å². The molecule has 5 aromatic rings. The van der Waals surface area contributed by atoms with Gasteiger partial charge in [0.15, 0.2) is 0 Å². The number of phenolic OH excluding ortho intramolecular Hbond substituents is 3. The molecule has 0 bridgehead atoms. The molecule has 0 aliphatic carbocycles. The van der Waals surface area contributed by atoms with E-state index in [1.54, 1.807) is 48.5 Å².